The van der Waals surface area contributed by atoms with E-state index in [2.05, 4.69) is 9.97 Å². The molecule has 0 N–H and O–H groups in total. The largest absolute Gasteiger partial charge is 0.486 e. The van der Waals surface area contributed by atoms with Gasteiger partial charge in [0.25, 0.3) is 0 Å². The summed E-state index contributed by atoms with van der Waals surface area (Å²) in [4.78, 5) is 9.19. The fraction of sp³-hybridized carbons (Fsp3) is 0.231. The van der Waals surface area contributed by atoms with Crippen molar-refractivity contribution in [1.82, 2.24) is 9.97 Å². The zero-order valence-electron chi connectivity index (χ0n) is 10.5. The number of fused-ring (bicyclic) bond motifs is 1. The lowest BCUT2D eigenvalue weighted by molar-refractivity contribution is 0.295. The zero-order valence-corrected chi connectivity index (χ0v) is 11.3. The second-order valence-corrected chi connectivity index (χ2v) is 4.75. The first kappa shape index (κ1) is 13.1. The van der Waals surface area contributed by atoms with Gasteiger partial charge in [0, 0.05) is 12.6 Å². The molecule has 7 heteroatoms. The van der Waals surface area contributed by atoms with Crippen LogP contribution < -0.4 is 9.64 Å². The minimum absolute atomic E-state index is 0.0364. The van der Waals surface area contributed by atoms with Gasteiger partial charge < -0.3 is 9.64 Å². The van der Waals surface area contributed by atoms with Crippen molar-refractivity contribution in [2.75, 3.05) is 25.1 Å². The molecule has 1 aliphatic heterocycles. The van der Waals surface area contributed by atoms with Crippen LogP contribution in [-0.2, 0) is 0 Å². The van der Waals surface area contributed by atoms with Crippen molar-refractivity contribution in [3.05, 3.63) is 35.2 Å². The van der Waals surface area contributed by atoms with Gasteiger partial charge in [0.15, 0.2) is 17.4 Å². The van der Waals surface area contributed by atoms with E-state index in [-0.39, 0.29) is 16.7 Å². The van der Waals surface area contributed by atoms with Gasteiger partial charge in [-0.3, -0.25) is 0 Å². The summed E-state index contributed by atoms with van der Waals surface area (Å²) in [5.41, 5.74) is 0.812. The highest BCUT2D eigenvalue weighted by atomic mass is 35.5. The lowest BCUT2D eigenvalue weighted by Gasteiger charge is -2.28. The number of hydrogen-bond donors (Lipinski definition) is 0. The van der Waals surface area contributed by atoms with Crippen molar-refractivity contribution in [3.63, 3.8) is 0 Å². The maximum absolute atomic E-state index is 14.1. The molecule has 0 aliphatic carbocycles. The van der Waals surface area contributed by atoms with Gasteiger partial charge in [-0.25, -0.2) is 18.7 Å². The van der Waals surface area contributed by atoms with Gasteiger partial charge in [0.2, 0.25) is 5.28 Å². The van der Waals surface area contributed by atoms with E-state index < -0.39 is 11.6 Å². The average molecular weight is 298 g/mol. The highest BCUT2D eigenvalue weighted by Gasteiger charge is 2.22. The molecule has 0 radical (unpaired) electrons. The molecule has 0 unspecified atom stereocenters. The Hall–Kier alpha value is -1.95. The molecule has 0 fully saturated rings. The predicted molar refractivity (Wildman–Crippen MR) is 71.2 cm³/mol. The Morgan fingerprint density at radius 2 is 2.10 bits per heavy atom. The van der Waals surface area contributed by atoms with Crippen molar-refractivity contribution < 1.29 is 13.5 Å². The topological polar surface area (TPSA) is 38.2 Å². The van der Waals surface area contributed by atoms with Crippen molar-refractivity contribution in [2.45, 2.75) is 0 Å². The van der Waals surface area contributed by atoms with Crippen LogP contribution in [0.3, 0.4) is 0 Å². The first-order valence-corrected chi connectivity index (χ1v) is 6.30. The number of nitrogens with zero attached hydrogens (tertiary/aromatic N) is 3. The molecule has 1 aromatic carbocycles. The van der Waals surface area contributed by atoms with E-state index in [9.17, 15) is 8.78 Å². The molecule has 2 aromatic rings. The maximum Gasteiger partial charge on any atom is 0.223 e. The lowest BCUT2D eigenvalue weighted by Crippen LogP contribution is -2.29. The van der Waals surface area contributed by atoms with Gasteiger partial charge in [-0.15, -0.1) is 0 Å². The third-order valence-electron chi connectivity index (χ3n) is 3.10. The molecule has 0 saturated carbocycles. The van der Waals surface area contributed by atoms with E-state index >= 15 is 0 Å². The molecule has 104 valence electrons. The first-order valence-electron chi connectivity index (χ1n) is 5.92. The summed E-state index contributed by atoms with van der Waals surface area (Å²) in [6, 6.07) is 2.80. The molecule has 0 spiro atoms. The Morgan fingerprint density at radius 3 is 2.90 bits per heavy atom. The number of rotatable bonds is 1. The van der Waals surface area contributed by atoms with Crippen molar-refractivity contribution in [1.29, 1.82) is 0 Å². The first-order chi connectivity index (χ1) is 9.56. The summed E-state index contributed by atoms with van der Waals surface area (Å²) >= 11 is 5.66. The van der Waals surface area contributed by atoms with Crippen LogP contribution in [0, 0.1) is 11.6 Å². The molecule has 0 saturated heterocycles. The number of aromatic nitrogens is 2. The summed E-state index contributed by atoms with van der Waals surface area (Å²) < 4.78 is 33.1. The Bertz CT molecular complexity index is 681. The molecule has 0 amide bonds. The van der Waals surface area contributed by atoms with Crippen LogP contribution in [0.25, 0.3) is 11.3 Å². The normalized spacial score (nSPS) is 13.9. The molecule has 0 atom stereocenters. The fourth-order valence-corrected chi connectivity index (χ4v) is 2.23. The monoisotopic (exact) mass is 297 g/mol. The van der Waals surface area contributed by atoms with Gasteiger partial charge in [0.05, 0.1) is 18.4 Å². The number of halogens is 3. The average Bonchev–Trinajstić information content (AvgIpc) is 2.42. The smallest absolute Gasteiger partial charge is 0.223 e. The van der Waals surface area contributed by atoms with Gasteiger partial charge in [-0.2, -0.15) is 0 Å². The molecule has 3 rings (SSSR count). The van der Waals surface area contributed by atoms with Gasteiger partial charge in [0.1, 0.15) is 12.3 Å². The van der Waals surface area contributed by atoms with Crippen molar-refractivity contribution >= 4 is 17.3 Å². The zero-order chi connectivity index (χ0) is 14.3. The Morgan fingerprint density at radius 1 is 1.30 bits per heavy atom. The summed E-state index contributed by atoms with van der Waals surface area (Å²) in [6.45, 7) is 1.04. The van der Waals surface area contributed by atoms with Crippen LogP contribution in [0.4, 0.5) is 14.5 Å². The number of likely N-dealkylation sites (N-methyl/N-ethyl adjacent to an activating group) is 1. The summed E-state index contributed by atoms with van der Waals surface area (Å²) in [5, 5.41) is -0.0934. The molecular weight excluding hydrogens is 288 g/mol. The van der Waals surface area contributed by atoms with Gasteiger partial charge in [-0.05, 0) is 23.7 Å². The van der Waals surface area contributed by atoms with Crippen molar-refractivity contribution in [2.24, 2.45) is 0 Å². The summed E-state index contributed by atoms with van der Waals surface area (Å²) in [6.07, 6.45) is 0.961. The second-order valence-electron chi connectivity index (χ2n) is 4.41. The van der Waals surface area contributed by atoms with Crippen molar-refractivity contribution in [3.8, 4) is 17.0 Å². The molecule has 0 bridgehead atoms. The molecule has 4 nitrogen and oxygen atoms in total. The number of anilines is 1. The SMILES string of the molecule is CN1CCOc2c(F)cc(-c3nc(Cl)ncc3F)cc21. The number of ether oxygens (including phenoxy) is 1. The molecule has 1 aliphatic rings. The van der Waals surface area contributed by atoms with Crippen LogP contribution in [0.15, 0.2) is 18.3 Å². The summed E-state index contributed by atoms with van der Waals surface area (Å²) in [5.74, 6) is -1.05. The highest BCUT2D eigenvalue weighted by Crippen LogP contribution is 2.37. The minimum atomic E-state index is -0.659. The van der Waals surface area contributed by atoms with Crippen LogP contribution >= 0.6 is 11.6 Å². The van der Waals surface area contributed by atoms with E-state index in [1.54, 1.807) is 6.07 Å². The Kier molecular flexibility index (Phi) is 3.17. The predicted octanol–water partition coefficient (Wildman–Crippen LogP) is 2.90. The third kappa shape index (κ3) is 2.16. The van der Waals surface area contributed by atoms with Crippen LogP contribution in [0.2, 0.25) is 5.28 Å². The molecule has 2 heterocycles. The van der Waals surface area contributed by atoms with E-state index in [4.69, 9.17) is 16.3 Å². The van der Waals surface area contributed by atoms with E-state index in [1.165, 1.54) is 6.07 Å². The fourth-order valence-electron chi connectivity index (χ4n) is 2.10. The van der Waals surface area contributed by atoms with E-state index in [1.807, 2.05) is 11.9 Å². The van der Waals surface area contributed by atoms with E-state index in [0.29, 0.717) is 24.4 Å². The molecule has 1 aromatic heterocycles. The van der Waals surface area contributed by atoms with Crippen LogP contribution in [0.5, 0.6) is 5.75 Å². The minimum Gasteiger partial charge on any atom is -0.486 e. The maximum atomic E-state index is 14.1. The molecule has 20 heavy (non-hydrogen) atoms. The summed E-state index contributed by atoms with van der Waals surface area (Å²) in [7, 11) is 1.81. The standard InChI is InChI=1S/C13H10ClF2N3O/c1-19-2-3-20-12-8(15)4-7(5-10(12)19)11-9(16)6-17-13(14)18-11/h4-6H,2-3H2,1H3. The van der Waals surface area contributed by atoms with Gasteiger partial charge >= 0.3 is 0 Å². The lowest BCUT2D eigenvalue weighted by atomic mass is 10.1. The highest BCUT2D eigenvalue weighted by molar-refractivity contribution is 6.28. The van der Waals surface area contributed by atoms with Gasteiger partial charge in [-0.1, -0.05) is 0 Å². The number of benzene rings is 1. The quantitative estimate of drug-likeness (QED) is 0.759. The Labute approximate surface area is 119 Å². The second kappa shape index (κ2) is 4.86. The van der Waals surface area contributed by atoms with Crippen LogP contribution in [-0.4, -0.2) is 30.2 Å². The van der Waals surface area contributed by atoms with E-state index in [0.717, 1.165) is 6.20 Å². The Balaban J connectivity index is 2.18. The van der Waals surface area contributed by atoms with Crippen LogP contribution in [0.1, 0.15) is 0 Å². The third-order valence-corrected chi connectivity index (χ3v) is 3.28. The molecular formula is C13H10ClF2N3O. The number of hydrogen-bond acceptors (Lipinski definition) is 4.